The fourth-order valence-corrected chi connectivity index (χ4v) is 3.76. The van der Waals surface area contributed by atoms with Gasteiger partial charge >= 0.3 is 0 Å². The maximum atomic E-state index is 6.86. The molecule has 0 saturated carbocycles. The van der Waals surface area contributed by atoms with Crippen LogP contribution in [0.4, 0.5) is 0 Å². The van der Waals surface area contributed by atoms with Crippen molar-refractivity contribution >= 4 is 22.5 Å². The molecule has 0 atom stereocenters. The fraction of sp³-hybridized carbons (Fsp3) is 0.182. The third-order valence-corrected chi connectivity index (χ3v) is 5.30. The van der Waals surface area contributed by atoms with Crippen molar-refractivity contribution in [2.75, 3.05) is 14.2 Å². The first-order valence-corrected chi connectivity index (χ1v) is 9.51. The van der Waals surface area contributed by atoms with Gasteiger partial charge in [0.1, 0.15) is 0 Å². The van der Waals surface area contributed by atoms with Crippen molar-refractivity contribution < 1.29 is 9.57 Å². The molecular weight excluding hydrogens is 388 g/mol. The standard InChI is InChI=1S/C22H21ClN4O2/c1-27-20-9-5-6-15(18(20)13-24-27)16-7-4-8-17(21(16)23)19-11-10-14(12-25-29-3)22(26-19)28-2/h4-11,13,25H,12H2,1-3H3. The zero-order chi connectivity index (χ0) is 20.4. The van der Waals surface area contributed by atoms with Crippen molar-refractivity contribution in [3.05, 3.63) is 65.3 Å². The summed E-state index contributed by atoms with van der Waals surface area (Å²) in [6.45, 7) is 0.490. The molecule has 0 amide bonds. The number of benzene rings is 2. The lowest BCUT2D eigenvalue weighted by Gasteiger charge is -2.13. The number of methoxy groups -OCH3 is 1. The monoisotopic (exact) mass is 408 g/mol. The van der Waals surface area contributed by atoms with E-state index >= 15 is 0 Å². The average Bonchev–Trinajstić information content (AvgIpc) is 3.13. The van der Waals surface area contributed by atoms with Gasteiger partial charge in [-0.3, -0.25) is 4.68 Å². The lowest BCUT2D eigenvalue weighted by molar-refractivity contribution is 0.0860. The predicted octanol–water partition coefficient (Wildman–Crippen LogP) is 4.62. The summed E-state index contributed by atoms with van der Waals surface area (Å²) in [6.07, 6.45) is 1.87. The molecule has 0 spiro atoms. The summed E-state index contributed by atoms with van der Waals surface area (Å²) >= 11 is 6.86. The molecule has 148 valence electrons. The van der Waals surface area contributed by atoms with Crippen molar-refractivity contribution in [2.45, 2.75) is 6.54 Å². The molecule has 29 heavy (non-hydrogen) atoms. The second kappa shape index (κ2) is 8.21. The molecule has 0 bridgehead atoms. The van der Waals surface area contributed by atoms with Crippen LogP contribution in [0.2, 0.25) is 5.02 Å². The third kappa shape index (κ3) is 3.58. The number of rotatable bonds is 6. The van der Waals surface area contributed by atoms with Crippen molar-refractivity contribution in [1.82, 2.24) is 20.2 Å². The molecule has 1 N–H and O–H groups in total. The van der Waals surface area contributed by atoms with Crippen LogP contribution in [0.1, 0.15) is 5.56 Å². The van der Waals surface area contributed by atoms with E-state index in [0.717, 1.165) is 38.9 Å². The van der Waals surface area contributed by atoms with E-state index in [2.05, 4.69) is 21.6 Å². The van der Waals surface area contributed by atoms with Gasteiger partial charge < -0.3 is 9.57 Å². The number of ether oxygens (including phenoxy) is 1. The highest BCUT2D eigenvalue weighted by atomic mass is 35.5. The molecule has 0 aliphatic rings. The lowest BCUT2D eigenvalue weighted by Crippen LogP contribution is -2.12. The van der Waals surface area contributed by atoms with E-state index in [-0.39, 0.29) is 0 Å². The summed E-state index contributed by atoms with van der Waals surface area (Å²) in [4.78, 5) is 9.58. The summed E-state index contributed by atoms with van der Waals surface area (Å²) in [5, 5.41) is 6.07. The van der Waals surface area contributed by atoms with Crippen molar-refractivity contribution in [3.63, 3.8) is 0 Å². The number of fused-ring (bicyclic) bond motifs is 1. The van der Waals surface area contributed by atoms with E-state index in [1.165, 1.54) is 0 Å². The van der Waals surface area contributed by atoms with E-state index in [1.54, 1.807) is 14.2 Å². The van der Waals surface area contributed by atoms with E-state index < -0.39 is 0 Å². The number of aromatic nitrogens is 3. The molecular formula is C22H21ClN4O2. The number of hydrogen-bond donors (Lipinski definition) is 1. The van der Waals surface area contributed by atoms with Crippen LogP contribution in [-0.4, -0.2) is 29.0 Å². The van der Waals surface area contributed by atoms with Gasteiger partial charge in [0.2, 0.25) is 5.88 Å². The lowest BCUT2D eigenvalue weighted by atomic mass is 9.98. The largest absolute Gasteiger partial charge is 0.481 e. The van der Waals surface area contributed by atoms with Gasteiger partial charge in [-0.25, -0.2) is 4.98 Å². The number of aryl methyl sites for hydroxylation is 1. The minimum absolute atomic E-state index is 0.490. The van der Waals surface area contributed by atoms with Gasteiger partial charge in [0, 0.05) is 29.1 Å². The summed E-state index contributed by atoms with van der Waals surface area (Å²) < 4.78 is 7.32. The van der Waals surface area contributed by atoms with E-state index in [9.17, 15) is 0 Å². The van der Waals surface area contributed by atoms with Crippen LogP contribution in [0.15, 0.2) is 54.7 Å². The molecule has 4 aromatic rings. The fourth-order valence-electron chi connectivity index (χ4n) is 3.43. The van der Waals surface area contributed by atoms with Crippen LogP contribution in [0.5, 0.6) is 5.88 Å². The molecule has 0 unspecified atom stereocenters. The molecule has 0 aliphatic carbocycles. The number of nitrogens with one attached hydrogen (secondary N) is 1. The Kier molecular flexibility index (Phi) is 5.49. The second-order valence-electron chi connectivity index (χ2n) is 6.56. The molecule has 7 heteroatoms. The number of pyridine rings is 1. The minimum Gasteiger partial charge on any atom is -0.481 e. The Balaban J connectivity index is 1.81. The van der Waals surface area contributed by atoms with Crippen LogP contribution < -0.4 is 10.2 Å². The molecule has 2 aromatic carbocycles. The maximum absolute atomic E-state index is 6.86. The Morgan fingerprint density at radius 2 is 1.76 bits per heavy atom. The highest BCUT2D eigenvalue weighted by molar-refractivity contribution is 6.36. The molecule has 0 aliphatic heterocycles. The third-order valence-electron chi connectivity index (χ3n) is 4.90. The predicted molar refractivity (Wildman–Crippen MR) is 115 cm³/mol. The van der Waals surface area contributed by atoms with E-state index in [4.69, 9.17) is 21.2 Å². The highest BCUT2D eigenvalue weighted by Crippen LogP contribution is 2.39. The Labute approximate surface area is 174 Å². The van der Waals surface area contributed by atoms with Gasteiger partial charge in [-0.1, -0.05) is 48.0 Å². The smallest absolute Gasteiger partial charge is 0.218 e. The molecule has 0 radical (unpaired) electrons. The SMILES string of the molecule is CONCc1ccc(-c2cccc(-c3cccc4c3cnn4C)c2Cl)nc1OC. The summed E-state index contributed by atoms with van der Waals surface area (Å²) in [6, 6.07) is 16.0. The van der Waals surface area contributed by atoms with Gasteiger partial charge in [0.15, 0.2) is 0 Å². The first-order valence-electron chi connectivity index (χ1n) is 9.13. The number of halogens is 1. The zero-order valence-corrected chi connectivity index (χ0v) is 17.2. The molecule has 0 saturated heterocycles. The number of hydrogen-bond acceptors (Lipinski definition) is 5. The van der Waals surface area contributed by atoms with E-state index in [0.29, 0.717) is 17.4 Å². The number of hydroxylamine groups is 1. The highest BCUT2D eigenvalue weighted by Gasteiger charge is 2.15. The van der Waals surface area contributed by atoms with Gasteiger partial charge in [0.25, 0.3) is 0 Å². The second-order valence-corrected chi connectivity index (χ2v) is 6.94. The Bertz CT molecular complexity index is 1170. The van der Waals surface area contributed by atoms with Crippen molar-refractivity contribution in [1.29, 1.82) is 0 Å². The molecule has 0 fully saturated rings. The first-order chi connectivity index (χ1) is 14.1. The van der Waals surface area contributed by atoms with Crippen LogP contribution >= 0.6 is 11.6 Å². The molecule has 2 aromatic heterocycles. The van der Waals surface area contributed by atoms with Crippen LogP contribution in [0.25, 0.3) is 33.3 Å². The van der Waals surface area contributed by atoms with Crippen LogP contribution in [0.3, 0.4) is 0 Å². The minimum atomic E-state index is 0.490. The van der Waals surface area contributed by atoms with Crippen molar-refractivity contribution in [3.8, 4) is 28.3 Å². The summed E-state index contributed by atoms with van der Waals surface area (Å²) in [7, 11) is 5.10. The normalized spacial score (nSPS) is 11.2. The van der Waals surface area contributed by atoms with Gasteiger partial charge in [-0.15, -0.1) is 0 Å². The van der Waals surface area contributed by atoms with Crippen LogP contribution in [-0.2, 0) is 18.4 Å². The number of nitrogens with zero attached hydrogens (tertiary/aromatic N) is 3. The van der Waals surface area contributed by atoms with Gasteiger partial charge in [-0.05, 0) is 17.7 Å². The Hall–Kier alpha value is -2.93. The van der Waals surface area contributed by atoms with E-state index in [1.807, 2.05) is 60.4 Å². The molecule has 6 nitrogen and oxygen atoms in total. The quantitative estimate of drug-likeness (QED) is 0.472. The first kappa shape index (κ1) is 19.4. The summed E-state index contributed by atoms with van der Waals surface area (Å²) in [5.41, 5.74) is 8.32. The molecule has 2 heterocycles. The topological polar surface area (TPSA) is 61.2 Å². The maximum Gasteiger partial charge on any atom is 0.218 e. The van der Waals surface area contributed by atoms with Gasteiger partial charge in [0.05, 0.1) is 43.2 Å². The zero-order valence-electron chi connectivity index (χ0n) is 16.4. The Morgan fingerprint density at radius 3 is 2.55 bits per heavy atom. The van der Waals surface area contributed by atoms with Crippen LogP contribution in [0, 0.1) is 0 Å². The van der Waals surface area contributed by atoms with Gasteiger partial charge in [-0.2, -0.15) is 10.6 Å². The molecule has 4 rings (SSSR count). The average molecular weight is 409 g/mol. The summed E-state index contributed by atoms with van der Waals surface area (Å²) in [5.74, 6) is 0.530. The Morgan fingerprint density at radius 1 is 1.00 bits per heavy atom. The van der Waals surface area contributed by atoms with Crippen molar-refractivity contribution in [2.24, 2.45) is 7.05 Å².